The van der Waals surface area contributed by atoms with Gasteiger partial charge >= 0.3 is 0 Å². The van der Waals surface area contributed by atoms with Crippen LogP contribution in [0.25, 0.3) is 6.08 Å². The van der Waals surface area contributed by atoms with Gasteiger partial charge in [-0.25, -0.2) is 0 Å². The number of anilines is 1. The van der Waals surface area contributed by atoms with Gasteiger partial charge in [-0.05, 0) is 36.0 Å². The molecule has 2 rings (SSSR count). The number of amides is 2. The van der Waals surface area contributed by atoms with Gasteiger partial charge in [0, 0.05) is 26.7 Å². The van der Waals surface area contributed by atoms with Gasteiger partial charge in [-0.1, -0.05) is 12.1 Å². The number of carbonyl (C=O) groups is 2. The highest BCUT2D eigenvalue weighted by Crippen LogP contribution is 2.19. The van der Waals surface area contributed by atoms with Crippen molar-refractivity contribution in [3.05, 3.63) is 35.5 Å². The molecule has 1 fully saturated rings. The molecule has 1 aliphatic heterocycles. The van der Waals surface area contributed by atoms with Crippen molar-refractivity contribution in [3.63, 3.8) is 0 Å². The van der Waals surface area contributed by atoms with Crippen LogP contribution < -0.4 is 10.2 Å². The maximum atomic E-state index is 11.8. The standard InChI is InChI=1S/C14H15N3O2S/c1-9(18)17-12(13(19)15-14(17)20)8-10-4-6-11(7-5-10)16(2)3/h4-8H,1-3H3,(H,15,19,20)/b12-8+. The second-order valence-electron chi connectivity index (χ2n) is 4.63. The molecule has 0 radical (unpaired) electrons. The molecule has 0 atom stereocenters. The molecule has 1 aromatic carbocycles. The Kier molecular flexibility index (Phi) is 3.85. The number of nitrogens with zero attached hydrogens (tertiary/aromatic N) is 2. The quantitative estimate of drug-likeness (QED) is 0.660. The summed E-state index contributed by atoms with van der Waals surface area (Å²) >= 11 is 4.97. The Morgan fingerprint density at radius 2 is 1.90 bits per heavy atom. The van der Waals surface area contributed by atoms with E-state index in [1.165, 1.54) is 11.8 Å². The zero-order chi connectivity index (χ0) is 14.9. The highest BCUT2D eigenvalue weighted by atomic mass is 32.1. The van der Waals surface area contributed by atoms with Crippen molar-refractivity contribution < 1.29 is 9.59 Å². The van der Waals surface area contributed by atoms with Crippen molar-refractivity contribution in [1.82, 2.24) is 10.2 Å². The summed E-state index contributed by atoms with van der Waals surface area (Å²) in [7, 11) is 3.90. The van der Waals surface area contributed by atoms with Crippen molar-refractivity contribution in [1.29, 1.82) is 0 Å². The maximum Gasteiger partial charge on any atom is 0.274 e. The second-order valence-corrected chi connectivity index (χ2v) is 5.02. The van der Waals surface area contributed by atoms with Crippen molar-refractivity contribution in [2.75, 3.05) is 19.0 Å². The first kappa shape index (κ1) is 14.2. The predicted octanol–water partition coefficient (Wildman–Crippen LogP) is 1.36. The van der Waals surface area contributed by atoms with Crippen LogP contribution in [0.2, 0.25) is 0 Å². The zero-order valence-electron chi connectivity index (χ0n) is 11.5. The van der Waals surface area contributed by atoms with E-state index in [4.69, 9.17) is 12.2 Å². The minimum atomic E-state index is -0.359. The van der Waals surface area contributed by atoms with Gasteiger partial charge in [0.2, 0.25) is 5.91 Å². The molecule has 1 heterocycles. The van der Waals surface area contributed by atoms with Crippen LogP contribution in [-0.4, -0.2) is 35.9 Å². The average molecular weight is 289 g/mol. The monoisotopic (exact) mass is 289 g/mol. The predicted molar refractivity (Wildman–Crippen MR) is 82.0 cm³/mol. The van der Waals surface area contributed by atoms with Gasteiger partial charge in [0.15, 0.2) is 5.11 Å². The topological polar surface area (TPSA) is 52.7 Å². The van der Waals surface area contributed by atoms with E-state index in [9.17, 15) is 9.59 Å². The van der Waals surface area contributed by atoms with E-state index in [1.54, 1.807) is 6.08 Å². The Labute approximate surface area is 122 Å². The van der Waals surface area contributed by atoms with Crippen LogP contribution >= 0.6 is 12.2 Å². The fourth-order valence-electron chi connectivity index (χ4n) is 1.90. The molecular formula is C14H15N3O2S. The lowest BCUT2D eigenvalue weighted by Gasteiger charge is -2.13. The molecule has 0 bridgehead atoms. The summed E-state index contributed by atoms with van der Waals surface area (Å²) in [5.41, 5.74) is 2.14. The lowest BCUT2D eigenvalue weighted by atomic mass is 10.1. The molecular weight excluding hydrogens is 274 g/mol. The van der Waals surface area contributed by atoms with E-state index in [2.05, 4.69) is 5.32 Å². The Hall–Kier alpha value is -2.21. The van der Waals surface area contributed by atoms with Gasteiger partial charge in [-0.2, -0.15) is 0 Å². The first-order valence-corrected chi connectivity index (χ1v) is 6.46. The van der Waals surface area contributed by atoms with Gasteiger partial charge in [0.05, 0.1) is 0 Å². The third-order valence-electron chi connectivity index (χ3n) is 2.92. The SMILES string of the molecule is CC(=O)N1C(=S)NC(=O)/C1=C\c1ccc(N(C)C)cc1. The maximum absolute atomic E-state index is 11.8. The number of benzene rings is 1. The number of nitrogens with one attached hydrogen (secondary N) is 1. The van der Waals surface area contributed by atoms with E-state index in [1.807, 2.05) is 43.3 Å². The van der Waals surface area contributed by atoms with Crippen LogP contribution in [0.15, 0.2) is 30.0 Å². The second kappa shape index (κ2) is 5.42. The molecule has 5 nitrogen and oxygen atoms in total. The third kappa shape index (κ3) is 2.70. The molecule has 1 aromatic rings. The van der Waals surface area contributed by atoms with Crippen molar-refractivity contribution in [3.8, 4) is 0 Å². The number of rotatable bonds is 2. The Bertz CT molecular complexity index is 605. The van der Waals surface area contributed by atoms with Gasteiger partial charge in [-0.15, -0.1) is 0 Å². The first-order chi connectivity index (χ1) is 9.40. The summed E-state index contributed by atoms with van der Waals surface area (Å²) < 4.78 is 0. The summed E-state index contributed by atoms with van der Waals surface area (Å²) in [5, 5.41) is 2.59. The summed E-state index contributed by atoms with van der Waals surface area (Å²) in [6, 6.07) is 7.65. The molecule has 20 heavy (non-hydrogen) atoms. The summed E-state index contributed by atoms with van der Waals surface area (Å²) in [5.74, 6) is -0.647. The molecule has 1 N–H and O–H groups in total. The fraction of sp³-hybridized carbons (Fsp3) is 0.214. The van der Waals surface area contributed by atoms with Gasteiger partial charge < -0.3 is 4.90 Å². The zero-order valence-corrected chi connectivity index (χ0v) is 12.3. The molecule has 104 valence electrons. The van der Waals surface area contributed by atoms with E-state index >= 15 is 0 Å². The molecule has 1 aliphatic rings. The minimum absolute atomic E-state index is 0.124. The summed E-state index contributed by atoms with van der Waals surface area (Å²) in [4.78, 5) is 26.5. The van der Waals surface area contributed by atoms with Gasteiger partial charge in [0.1, 0.15) is 5.70 Å². The van der Waals surface area contributed by atoms with Crippen LogP contribution in [-0.2, 0) is 9.59 Å². The summed E-state index contributed by atoms with van der Waals surface area (Å²) in [6.07, 6.45) is 1.65. The Morgan fingerprint density at radius 3 is 2.40 bits per heavy atom. The lowest BCUT2D eigenvalue weighted by Crippen LogP contribution is -2.31. The average Bonchev–Trinajstić information content (AvgIpc) is 2.64. The lowest BCUT2D eigenvalue weighted by molar-refractivity contribution is -0.125. The van der Waals surface area contributed by atoms with Crippen LogP contribution in [0.3, 0.4) is 0 Å². The van der Waals surface area contributed by atoms with Crippen molar-refractivity contribution in [2.45, 2.75) is 6.92 Å². The molecule has 6 heteroatoms. The van der Waals surface area contributed by atoms with Gasteiger partial charge in [-0.3, -0.25) is 19.8 Å². The van der Waals surface area contributed by atoms with E-state index in [0.717, 1.165) is 11.3 Å². The normalized spacial score (nSPS) is 16.6. The van der Waals surface area contributed by atoms with Crippen LogP contribution in [0, 0.1) is 0 Å². The first-order valence-electron chi connectivity index (χ1n) is 6.05. The molecule has 0 aromatic heterocycles. The smallest absolute Gasteiger partial charge is 0.274 e. The highest BCUT2D eigenvalue weighted by Gasteiger charge is 2.32. The minimum Gasteiger partial charge on any atom is -0.378 e. The molecule has 0 saturated carbocycles. The Morgan fingerprint density at radius 1 is 1.30 bits per heavy atom. The van der Waals surface area contributed by atoms with E-state index in [-0.39, 0.29) is 22.6 Å². The molecule has 0 aliphatic carbocycles. The number of carbonyl (C=O) groups excluding carboxylic acids is 2. The molecule has 2 amide bonds. The van der Waals surface area contributed by atoms with Crippen molar-refractivity contribution in [2.24, 2.45) is 0 Å². The molecule has 0 spiro atoms. The van der Waals surface area contributed by atoms with E-state index in [0.29, 0.717) is 0 Å². The van der Waals surface area contributed by atoms with Crippen LogP contribution in [0.4, 0.5) is 5.69 Å². The molecule has 0 unspecified atom stereocenters. The Balaban J connectivity index is 2.35. The van der Waals surface area contributed by atoms with Gasteiger partial charge in [0.25, 0.3) is 5.91 Å². The summed E-state index contributed by atoms with van der Waals surface area (Å²) in [6.45, 7) is 1.37. The van der Waals surface area contributed by atoms with Crippen LogP contribution in [0.5, 0.6) is 0 Å². The third-order valence-corrected chi connectivity index (χ3v) is 3.21. The molecule has 1 saturated heterocycles. The van der Waals surface area contributed by atoms with Crippen LogP contribution in [0.1, 0.15) is 12.5 Å². The number of hydrogen-bond acceptors (Lipinski definition) is 4. The van der Waals surface area contributed by atoms with E-state index < -0.39 is 0 Å². The number of thiocarbonyl (C=S) groups is 1. The highest BCUT2D eigenvalue weighted by molar-refractivity contribution is 7.80. The fourth-order valence-corrected chi connectivity index (χ4v) is 2.22. The number of hydrogen-bond donors (Lipinski definition) is 1. The van der Waals surface area contributed by atoms with Crippen molar-refractivity contribution >= 4 is 40.9 Å². The largest absolute Gasteiger partial charge is 0.378 e.